The maximum Gasteiger partial charge on any atom is 0.407 e. The number of amides is 1. The summed E-state index contributed by atoms with van der Waals surface area (Å²) in [5.41, 5.74) is 0. The molecule has 1 aliphatic rings. The van der Waals surface area contributed by atoms with Crippen molar-refractivity contribution in [2.24, 2.45) is 5.92 Å². The number of nitrogens with one attached hydrogen (secondary N) is 1. The molecule has 0 radical (unpaired) electrons. The van der Waals surface area contributed by atoms with Crippen LogP contribution in [0.4, 0.5) is 18.0 Å². The summed E-state index contributed by atoms with van der Waals surface area (Å²) in [6.07, 6.45) is -4.57. The first-order valence-corrected chi connectivity index (χ1v) is 5.40. The third kappa shape index (κ3) is 4.07. The van der Waals surface area contributed by atoms with Crippen LogP contribution in [0, 0.1) is 17.2 Å². The van der Waals surface area contributed by atoms with E-state index in [1.165, 1.54) is 18.1 Å². The molecule has 0 aromatic rings. The molecule has 102 valence electrons. The molecule has 1 fully saturated rings. The first-order chi connectivity index (χ1) is 8.36. The molecule has 0 aromatic heterocycles. The van der Waals surface area contributed by atoms with E-state index in [-0.39, 0.29) is 12.6 Å². The van der Waals surface area contributed by atoms with Gasteiger partial charge in [0.05, 0.1) is 13.2 Å². The molecule has 0 spiro atoms. The van der Waals surface area contributed by atoms with Crippen LogP contribution >= 0.6 is 0 Å². The average molecular weight is 265 g/mol. The molecular weight excluding hydrogens is 251 g/mol. The minimum atomic E-state index is -4.51. The molecule has 5 nitrogen and oxygen atoms in total. The molecule has 1 N–H and O–H groups in total. The van der Waals surface area contributed by atoms with Gasteiger partial charge >= 0.3 is 12.3 Å². The Morgan fingerprint density at radius 2 is 2.33 bits per heavy atom. The van der Waals surface area contributed by atoms with Crippen molar-refractivity contribution in [3.63, 3.8) is 0 Å². The molecule has 18 heavy (non-hydrogen) atoms. The maximum atomic E-state index is 12.4. The van der Waals surface area contributed by atoms with Crippen molar-refractivity contribution in [3.8, 4) is 6.07 Å². The molecule has 1 rings (SSSR count). The fourth-order valence-electron chi connectivity index (χ4n) is 1.82. The molecule has 1 amide bonds. The molecule has 0 aliphatic carbocycles. The lowest BCUT2D eigenvalue weighted by molar-refractivity contribution is -0.162. The predicted molar refractivity (Wildman–Crippen MR) is 55.5 cm³/mol. The average Bonchev–Trinajstić information content (AvgIpc) is 2.71. The van der Waals surface area contributed by atoms with Gasteiger partial charge in [0.15, 0.2) is 5.92 Å². The number of nitriles is 1. The molecular formula is C10H14F3N3O2. The van der Waals surface area contributed by atoms with Crippen molar-refractivity contribution in [1.29, 1.82) is 5.26 Å². The van der Waals surface area contributed by atoms with Crippen LogP contribution in [0.5, 0.6) is 0 Å². The SMILES string of the molecule is COC(=O)NC1CCN(CC(C#N)C(F)(F)F)C1. The summed E-state index contributed by atoms with van der Waals surface area (Å²) in [6, 6.07) is 1.03. The number of halogens is 3. The molecule has 1 heterocycles. The van der Waals surface area contributed by atoms with E-state index in [0.29, 0.717) is 19.5 Å². The van der Waals surface area contributed by atoms with Gasteiger partial charge in [-0.2, -0.15) is 18.4 Å². The van der Waals surface area contributed by atoms with E-state index in [1.54, 1.807) is 0 Å². The van der Waals surface area contributed by atoms with E-state index in [0.717, 1.165) is 0 Å². The molecule has 0 aromatic carbocycles. The van der Waals surface area contributed by atoms with Gasteiger partial charge in [0.1, 0.15) is 0 Å². The third-order valence-corrected chi connectivity index (χ3v) is 2.77. The Hall–Kier alpha value is -1.49. The summed E-state index contributed by atoms with van der Waals surface area (Å²) in [4.78, 5) is 12.4. The normalized spacial score (nSPS) is 22.3. The van der Waals surface area contributed by atoms with E-state index >= 15 is 0 Å². The number of ether oxygens (including phenoxy) is 1. The van der Waals surface area contributed by atoms with Gasteiger partial charge in [-0.15, -0.1) is 0 Å². The number of hydrogen-bond donors (Lipinski definition) is 1. The zero-order valence-electron chi connectivity index (χ0n) is 9.83. The van der Waals surface area contributed by atoms with Gasteiger partial charge in [0, 0.05) is 25.7 Å². The summed E-state index contributed by atoms with van der Waals surface area (Å²) in [5, 5.41) is 11.0. The summed E-state index contributed by atoms with van der Waals surface area (Å²) in [5.74, 6) is -1.99. The van der Waals surface area contributed by atoms with Gasteiger partial charge < -0.3 is 10.1 Å². The van der Waals surface area contributed by atoms with E-state index in [4.69, 9.17) is 5.26 Å². The van der Waals surface area contributed by atoms with E-state index in [9.17, 15) is 18.0 Å². The summed E-state index contributed by atoms with van der Waals surface area (Å²) >= 11 is 0. The summed E-state index contributed by atoms with van der Waals surface area (Å²) in [7, 11) is 1.22. The van der Waals surface area contributed by atoms with E-state index < -0.39 is 18.2 Å². The van der Waals surface area contributed by atoms with Crippen molar-refractivity contribution < 1.29 is 22.7 Å². The predicted octanol–water partition coefficient (Wildman–Crippen LogP) is 1.12. The molecule has 2 atom stereocenters. The summed E-state index contributed by atoms with van der Waals surface area (Å²) in [6.45, 7) is 0.353. The second-order valence-corrected chi connectivity index (χ2v) is 4.10. The minimum Gasteiger partial charge on any atom is -0.453 e. The molecule has 8 heteroatoms. The van der Waals surface area contributed by atoms with Crippen LogP contribution in [0.2, 0.25) is 0 Å². The Labute approximate surface area is 102 Å². The number of likely N-dealkylation sites (tertiary alicyclic amines) is 1. The molecule has 1 aliphatic heterocycles. The molecule has 0 saturated carbocycles. The molecule has 1 saturated heterocycles. The van der Waals surface area contributed by atoms with Crippen LogP contribution in [0.15, 0.2) is 0 Å². The lowest BCUT2D eigenvalue weighted by Gasteiger charge is -2.21. The lowest BCUT2D eigenvalue weighted by atomic mass is 10.1. The highest BCUT2D eigenvalue weighted by Gasteiger charge is 2.41. The topological polar surface area (TPSA) is 65.4 Å². The van der Waals surface area contributed by atoms with Crippen LogP contribution in [-0.4, -0.2) is 50.0 Å². The fraction of sp³-hybridized carbons (Fsp3) is 0.800. The fourth-order valence-corrected chi connectivity index (χ4v) is 1.82. The van der Waals surface area contributed by atoms with Crippen LogP contribution < -0.4 is 5.32 Å². The Bertz CT molecular complexity index is 340. The lowest BCUT2D eigenvalue weighted by Crippen LogP contribution is -2.39. The van der Waals surface area contributed by atoms with Crippen LogP contribution in [0.25, 0.3) is 0 Å². The maximum absolute atomic E-state index is 12.4. The van der Waals surface area contributed by atoms with Crippen LogP contribution in [0.1, 0.15) is 6.42 Å². The Morgan fingerprint density at radius 1 is 1.67 bits per heavy atom. The van der Waals surface area contributed by atoms with E-state index in [2.05, 4.69) is 10.1 Å². The number of alkyl carbamates (subject to hydrolysis) is 1. The minimum absolute atomic E-state index is 0.231. The second-order valence-electron chi connectivity index (χ2n) is 4.10. The first kappa shape index (κ1) is 14.6. The largest absolute Gasteiger partial charge is 0.453 e. The van der Waals surface area contributed by atoms with Crippen LogP contribution in [-0.2, 0) is 4.74 Å². The van der Waals surface area contributed by atoms with Gasteiger partial charge in [-0.05, 0) is 6.42 Å². The quantitative estimate of drug-likeness (QED) is 0.830. The first-order valence-electron chi connectivity index (χ1n) is 5.40. The molecule has 2 unspecified atom stereocenters. The Morgan fingerprint density at radius 3 is 2.83 bits per heavy atom. The number of nitrogens with zero attached hydrogens (tertiary/aromatic N) is 2. The smallest absolute Gasteiger partial charge is 0.407 e. The Balaban J connectivity index is 2.43. The second kappa shape index (κ2) is 5.91. The monoisotopic (exact) mass is 265 g/mol. The van der Waals surface area contributed by atoms with Gasteiger partial charge in [0.25, 0.3) is 0 Å². The van der Waals surface area contributed by atoms with Crippen molar-refractivity contribution in [1.82, 2.24) is 10.2 Å². The Kier molecular flexibility index (Phi) is 4.78. The van der Waals surface area contributed by atoms with Crippen molar-refractivity contribution in [2.75, 3.05) is 26.7 Å². The highest BCUT2D eigenvalue weighted by atomic mass is 19.4. The van der Waals surface area contributed by atoms with Crippen molar-refractivity contribution in [2.45, 2.75) is 18.6 Å². The van der Waals surface area contributed by atoms with Gasteiger partial charge in [0.2, 0.25) is 0 Å². The third-order valence-electron chi connectivity index (χ3n) is 2.77. The van der Waals surface area contributed by atoms with Crippen molar-refractivity contribution >= 4 is 6.09 Å². The van der Waals surface area contributed by atoms with Gasteiger partial charge in [-0.1, -0.05) is 0 Å². The number of carbonyl (C=O) groups excluding carboxylic acids is 1. The number of carbonyl (C=O) groups is 1. The van der Waals surface area contributed by atoms with Crippen LogP contribution in [0.3, 0.4) is 0 Å². The molecule has 0 bridgehead atoms. The van der Waals surface area contributed by atoms with E-state index in [1.807, 2.05) is 0 Å². The van der Waals surface area contributed by atoms with Gasteiger partial charge in [-0.3, -0.25) is 4.90 Å². The standard InChI is InChI=1S/C10H14F3N3O2/c1-18-9(17)15-8-2-3-16(6-8)5-7(4-14)10(11,12)13/h7-8H,2-3,5-6H2,1H3,(H,15,17). The highest BCUT2D eigenvalue weighted by Crippen LogP contribution is 2.27. The van der Waals surface area contributed by atoms with Gasteiger partial charge in [-0.25, -0.2) is 4.79 Å². The highest BCUT2D eigenvalue weighted by molar-refractivity contribution is 5.67. The summed E-state index contributed by atoms with van der Waals surface area (Å²) < 4.78 is 41.6. The number of rotatable bonds is 3. The van der Waals surface area contributed by atoms with Crippen molar-refractivity contribution in [3.05, 3.63) is 0 Å². The number of methoxy groups -OCH3 is 1. The number of alkyl halides is 3. The zero-order chi connectivity index (χ0) is 13.8. The zero-order valence-corrected chi connectivity index (χ0v) is 9.83. The number of hydrogen-bond acceptors (Lipinski definition) is 4.